The summed E-state index contributed by atoms with van der Waals surface area (Å²) in [5.74, 6) is 0. The van der Waals surface area contributed by atoms with Gasteiger partial charge in [-0.15, -0.1) is 0 Å². The van der Waals surface area contributed by atoms with Crippen molar-refractivity contribution in [1.29, 1.82) is 0 Å². The largest absolute Gasteiger partial charge is 0.378 e. The summed E-state index contributed by atoms with van der Waals surface area (Å²) in [7, 11) is 1.76. The zero-order valence-corrected chi connectivity index (χ0v) is 12.1. The van der Waals surface area contributed by atoms with Crippen LogP contribution >= 0.6 is 0 Å². The lowest BCUT2D eigenvalue weighted by Crippen LogP contribution is -2.42. The molecule has 0 aromatic carbocycles. The monoisotopic (exact) mass is 275 g/mol. The molecule has 1 saturated heterocycles. The molecule has 1 unspecified atom stereocenters. The summed E-state index contributed by atoms with van der Waals surface area (Å²) >= 11 is 0. The third-order valence-corrected chi connectivity index (χ3v) is 4.07. The summed E-state index contributed by atoms with van der Waals surface area (Å²) in [6, 6.07) is 6.06. The Morgan fingerprint density at radius 2 is 2.40 bits per heavy atom. The van der Waals surface area contributed by atoms with E-state index < -0.39 is 0 Å². The van der Waals surface area contributed by atoms with Gasteiger partial charge in [-0.05, 0) is 19.1 Å². The van der Waals surface area contributed by atoms with E-state index in [1.54, 1.807) is 7.11 Å². The van der Waals surface area contributed by atoms with Crippen molar-refractivity contribution in [2.75, 3.05) is 26.9 Å². The maximum atomic E-state index is 5.63. The fraction of sp³-hybridized carbons (Fsp3) is 0.533. The first-order chi connectivity index (χ1) is 9.74. The molecule has 0 spiro atoms. The molecule has 0 radical (unpaired) electrons. The third-order valence-electron chi connectivity index (χ3n) is 4.07. The van der Waals surface area contributed by atoms with Crippen LogP contribution in [0.4, 0.5) is 0 Å². The topological polar surface area (TPSA) is 47.8 Å². The predicted molar refractivity (Wildman–Crippen MR) is 76.8 cm³/mol. The van der Waals surface area contributed by atoms with Gasteiger partial charge in [0.05, 0.1) is 18.0 Å². The Morgan fingerprint density at radius 3 is 3.15 bits per heavy atom. The Labute approximate surface area is 118 Å². The number of pyridine rings is 1. The van der Waals surface area contributed by atoms with Crippen LogP contribution < -0.4 is 5.32 Å². The van der Waals surface area contributed by atoms with Crippen molar-refractivity contribution < 1.29 is 9.47 Å². The first-order valence-electron chi connectivity index (χ1n) is 7.00. The lowest BCUT2D eigenvalue weighted by atomic mass is 10.0. The molecule has 5 heteroatoms. The zero-order valence-electron chi connectivity index (χ0n) is 12.1. The van der Waals surface area contributed by atoms with E-state index in [9.17, 15) is 0 Å². The number of nitrogens with one attached hydrogen (secondary N) is 1. The maximum absolute atomic E-state index is 5.63. The van der Waals surface area contributed by atoms with Crippen LogP contribution in [0.5, 0.6) is 0 Å². The number of aryl methyl sites for hydroxylation is 1. The quantitative estimate of drug-likeness (QED) is 0.899. The average Bonchev–Trinajstić information content (AvgIpc) is 3.05. The normalized spacial score (nSPS) is 22.7. The summed E-state index contributed by atoms with van der Waals surface area (Å²) in [6.07, 6.45) is 3.00. The number of fused-ring (bicyclic) bond motifs is 1. The highest BCUT2D eigenvalue weighted by Gasteiger charge is 2.34. The molecular weight excluding hydrogens is 254 g/mol. The van der Waals surface area contributed by atoms with Crippen LogP contribution in [-0.4, -0.2) is 41.9 Å². The van der Waals surface area contributed by atoms with Crippen LogP contribution in [0.15, 0.2) is 24.4 Å². The molecule has 20 heavy (non-hydrogen) atoms. The minimum Gasteiger partial charge on any atom is -0.378 e. The highest BCUT2D eigenvalue weighted by molar-refractivity contribution is 5.42. The molecule has 1 aliphatic heterocycles. The van der Waals surface area contributed by atoms with Gasteiger partial charge in [0, 0.05) is 39.4 Å². The molecule has 0 saturated carbocycles. The summed E-state index contributed by atoms with van der Waals surface area (Å²) in [5, 5.41) is 3.49. The van der Waals surface area contributed by atoms with Gasteiger partial charge in [-0.1, -0.05) is 6.07 Å². The van der Waals surface area contributed by atoms with Crippen molar-refractivity contribution in [3.63, 3.8) is 0 Å². The maximum Gasteiger partial charge on any atom is 0.137 e. The molecule has 1 atom stereocenters. The lowest BCUT2D eigenvalue weighted by molar-refractivity contribution is -0.0159. The van der Waals surface area contributed by atoms with Crippen LogP contribution in [0.25, 0.3) is 5.65 Å². The number of methoxy groups -OCH3 is 1. The number of imidazole rings is 1. The standard InChI is InChI=1S/C15H21N3O2/c1-12-13(18-7-4-3-5-14(18)17-12)9-16-10-15(19-2)6-8-20-11-15/h3-5,7,16H,6,8-11H2,1-2H3. The summed E-state index contributed by atoms with van der Waals surface area (Å²) in [4.78, 5) is 4.57. The van der Waals surface area contributed by atoms with Gasteiger partial charge in [-0.3, -0.25) is 0 Å². The molecule has 3 heterocycles. The molecule has 108 valence electrons. The lowest BCUT2D eigenvalue weighted by Gasteiger charge is -2.26. The van der Waals surface area contributed by atoms with Gasteiger partial charge >= 0.3 is 0 Å². The first kappa shape index (κ1) is 13.5. The second-order valence-electron chi connectivity index (χ2n) is 5.37. The van der Waals surface area contributed by atoms with Crippen molar-refractivity contribution in [2.45, 2.75) is 25.5 Å². The van der Waals surface area contributed by atoms with Crippen LogP contribution in [0.1, 0.15) is 17.8 Å². The predicted octanol–water partition coefficient (Wildman–Crippen LogP) is 1.54. The van der Waals surface area contributed by atoms with Gasteiger partial charge in [0.15, 0.2) is 0 Å². The van der Waals surface area contributed by atoms with Crippen molar-refractivity contribution in [2.24, 2.45) is 0 Å². The number of hydrogen-bond acceptors (Lipinski definition) is 4. The molecule has 1 aliphatic rings. The second kappa shape index (κ2) is 5.52. The van der Waals surface area contributed by atoms with Crippen LogP contribution in [0, 0.1) is 6.92 Å². The number of rotatable bonds is 5. The molecule has 3 rings (SSSR count). The van der Waals surface area contributed by atoms with E-state index in [-0.39, 0.29) is 5.60 Å². The minimum absolute atomic E-state index is 0.172. The smallest absolute Gasteiger partial charge is 0.137 e. The van der Waals surface area contributed by atoms with E-state index in [0.29, 0.717) is 6.61 Å². The van der Waals surface area contributed by atoms with Gasteiger partial charge in [-0.25, -0.2) is 4.98 Å². The van der Waals surface area contributed by atoms with Gasteiger partial charge in [0.2, 0.25) is 0 Å². The van der Waals surface area contributed by atoms with E-state index in [2.05, 4.69) is 27.8 Å². The Bertz CT molecular complexity index is 588. The zero-order chi connectivity index (χ0) is 14.0. The van der Waals surface area contributed by atoms with Crippen molar-refractivity contribution >= 4 is 5.65 Å². The Morgan fingerprint density at radius 1 is 1.50 bits per heavy atom. The number of nitrogens with zero attached hydrogens (tertiary/aromatic N) is 2. The SMILES string of the molecule is COC1(CNCc2c(C)nc3ccccn23)CCOC1. The number of hydrogen-bond donors (Lipinski definition) is 1. The van der Waals surface area contributed by atoms with Crippen LogP contribution in [0.3, 0.4) is 0 Å². The van der Waals surface area contributed by atoms with E-state index in [4.69, 9.17) is 9.47 Å². The molecule has 5 nitrogen and oxygen atoms in total. The van der Waals surface area contributed by atoms with Crippen molar-refractivity contribution in [3.8, 4) is 0 Å². The van der Waals surface area contributed by atoms with Crippen molar-refractivity contribution in [3.05, 3.63) is 35.8 Å². The summed E-state index contributed by atoms with van der Waals surface area (Å²) < 4.78 is 13.2. The van der Waals surface area contributed by atoms with E-state index in [1.807, 2.05) is 18.2 Å². The molecule has 1 fully saturated rings. The Balaban J connectivity index is 1.69. The highest BCUT2D eigenvalue weighted by atomic mass is 16.5. The second-order valence-corrected chi connectivity index (χ2v) is 5.37. The number of aromatic nitrogens is 2. The van der Waals surface area contributed by atoms with E-state index in [0.717, 1.165) is 37.5 Å². The van der Waals surface area contributed by atoms with Gasteiger partial charge in [-0.2, -0.15) is 0 Å². The molecular formula is C15H21N3O2. The molecule has 0 amide bonds. The average molecular weight is 275 g/mol. The molecule has 2 aromatic rings. The van der Waals surface area contributed by atoms with E-state index in [1.165, 1.54) is 5.69 Å². The van der Waals surface area contributed by atoms with Gasteiger partial charge in [0.1, 0.15) is 11.2 Å². The van der Waals surface area contributed by atoms with Gasteiger partial charge < -0.3 is 19.2 Å². The first-order valence-corrected chi connectivity index (χ1v) is 7.00. The van der Waals surface area contributed by atoms with Crippen molar-refractivity contribution in [1.82, 2.24) is 14.7 Å². The summed E-state index contributed by atoms with van der Waals surface area (Å²) in [5.41, 5.74) is 3.09. The van der Waals surface area contributed by atoms with Crippen LogP contribution in [0.2, 0.25) is 0 Å². The molecule has 0 aliphatic carbocycles. The van der Waals surface area contributed by atoms with E-state index >= 15 is 0 Å². The number of ether oxygens (including phenoxy) is 2. The Hall–Kier alpha value is -1.43. The van der Waals surface area contributed by atoms with Gasteiger partial charge in [0.25, 0.3) is 0 Å². The third kappa shape index (κ3) is 2.44. The highest BCUT2D eigenvalue weighted by Crippen LogP contribution is 2.21. The Kier molecular flexibility index (Phi) is 3.74. The fourth-order valence-corrected chi connectivity index (χ4v) is 2.75. The fourth-order valence-electron chi connectivity index (χ4n) is 2.75. The minimum atomic E-state index is -0.172. The molecule has 0 bridgehead atoms. The molecule has 2 aromatic heterocycles. The van der Waals surface area contributed by atoms with Crippen LogP contribution in [-0.2, 0) is 16.0 Å². The molecule has 1 N–H and O–H groups in total. The summed E-state index contributed by atoms with van der Waals surface area (Å²) in [6.45, 7) is 5.08.